The molecule has 3 aromatic rings. The van der Waals surface area contributed by atoms with Crippen LogP contribution >= 0.6 is 15.9 Å². The van der Waals surface area contributed by atoms with Crippen molar-refractivity contribution in [3.05, 3.63) is 64.4 Å². The Kier molecular flexibility index (Phi) is 5.23. The minimum absolute atomic E-state index is 0.0243. The summed E-state index contributed by atoms with van der Waals surface area (Å²) in [4.78, 5) is 13.4. The fourth-order valence-electron chi connectivity index (χ4n) is 3.57. The quantitative estimate of drug-likeness (QED) is 0.670. The Morgan fingerprint density at radius 3 is 2.61 bits per heavy atom. The van der Waals surface area contributed by atoms with Crippen LogP contribution in [0.2, 0.25) is 0 Å². The first kappa shape index (κ1) is 18.8. The van der Waals surface area contributed by atoms with Crippen LogP contribution in [-0.4, -0.2) is 39.3 Å². The van der Waals surface area contributed by atoms with Gasteiger partial charge in [0.2, 0.25) is 5.91 Å². The maximum Gasteiger partial charge on any atom is 0.235 e. The summed E-state index contributed by atoms with van der Waals surface area (Å²) >= 11 is 3.47. The molecule has 2 heterocycles. The molecule has 4 rings (SSSR count). The minimum atomic E-state index is -0.611. The number of nitrogens with one attached hydrogen (secondary N) is 1. The summed E-state index contributed by atoms with van der Waals surface area (Å²) in [7, 11) is 0. The van der Waals surface area contributed by atoms with Crippen LogP contribution in [0.25, 0.3) is 5.69 Å². The number of halogens is 1. The molecule has 8 heteroatoms. The van der Waals surface area contributed by atoms with Gasteiger partial charge in [-0.2, -0.15) is 4.68 Å². The van der Waals surface area contributed by atoms with Gasteiger partial charge in [0.25, 0.3) is 0 Å². The molecule has 1 aromatic heterocycles. The van der Waals surface area contributed by atoms with Crippen molar-refractivity contribution in [2.75, 3.05) is 18.5 Å². The second-order valence-electron chi connectivity index (χ2n) is 6.84. The van der Waals surface area contributed by atoms with Crippen LogP contribution in [0.15, 0.2) is 53.0 Å². The molecule has 0 unspecified atom stereocenters. The summed E-state index contributed by atoms with van der Waals surface area (Å²) in [5.41, 5.74) is 1.90. The van der Waals surface area contributed by atoms with Crippen molar-refractivity contribution in [3.8, 4) is 5.69 Å². The lowest BCUT2D eigenvalue weighted by atomic mass is 9.73. The largest absolute Gasteiger partial charge is 0.381 e. The van der Waals surface area contributed by atoms with Gasteiger partial charge in [0.05, 0.1) is 11.1 Å². The molecule has 1 amide bonds. The monoisotopic (exact) mass is 441 g/mol. The summed E-state index contributed by atoms with van der Waals surface area (Å²) < 4.78 is 8.16. The molecule has 1 saturated heterocycles. The van der Waals surface area contributed by atoms with Crippen molar-refractivity contribution < 1.29 is 9.53 Å². The second-order valence-corrected chi connectivity index (χ2v) is 7.76. The fourth-order valence-corrected chi connectivity index (χ4v) is 3.84. The molecule has 0 spiro atoms. The Morgan fingerprint density at radius 1 is 1.18 bits per heavy atom. The van der Waals surface area contributed by atoms with Gasteiger partial charge in [-0.3, -0.25) is 4.79 Å². The smallest absolute Gasteiger partial charge is 0.235 e. The van der Waals surface area contributed by atoms with Crippen LogP contribution in [0, 0.1) is 6.92 Å². The van der Waals surface area contributed by atoms with E-state index in [0.717, 1.165) is 15.7 Å². The van der Waals surface area contributed by atoms with Crippen LogP contribution in [0.1, 0.15) is 24.2 Å². The molecular formula is C20H20BrN5O2. The first-order chi connectivity index (χ1) is 13.6. The number of ether oxygens (including phenoxy) is 1. The molecule has 0 atom stereocenters. The number of hydrogen-bond acceptors (Lipinski definition) is 5. The highest BCUT2D eigenvalue weighted by atomic mass is 79.9. The summed E-state index contributed by atoms with van der Waals surface area (Å²) in [5.74, 6) is 0.656. The van der Waals surface area contributed by atoms with E-state index in [1.807, 2.05) is 55.5 Å². The average Bonchev–Trinajstić information content (AvgIpc) is 3.15. The Hall–Kier alpha value is -2.58. The fraction of sp³-hybridized carbons (Fsp3) is 0.300. The van der Waals surface area contributed by atoms with Crippen LogP contribution in [0.3, 0.4) is 0 Å². The van der Waals surface area contributed by atoms with Crippen molar-refractivity contribution in [3.63, 3.8) is 0 Å². The molecule has 1 aliphatic rings. The number of aryl methyl sites for hydroxylation is 1. The zero-order valence-corrected chi connectivity index (χ0v) is 17.0. The molecule has 28 heavy (non-hydrogen) atoms. The third-order valence-corrected chi connectivity index (χ3v) is 5.68. The third-order valence-electron chi connectivity index (χ3n) is 5.15. The van der Waals surface area contributed by atoms with Crippen molar-refractivity contribution >= 4 is 27.5 Å². The predicted octanol–water partition coefficient (Wildman–Crippen LogP) is 3.42. The highest BCUT2D eigenvalue weighted by Gasteiger charge is 2.41. The van der Waals surface area contributed by atoms with Crippen LogP contribution in [-0.2, 0) is 14.9 Å². The number of rotatable bonds is 4. The van der Waals surface area contributed by atoms with Gasteiger partial charge in [-0.1, -0.05) is 34.1 Å². The highest BCUT2D eigenvalue weighted by Crippen LogP contribution is 2.37. The summed E-state index contributed by atoms with van der Waals surface area (Å²) in [6.45, 7) is 2.95. The topological polar surface area (TPSA) is 81.9 Å². The summed E-state index contributed by atoms with van der Waals surface area (Å²) in [6, 6.07) is 15.5. The van der Waals surface area contributed by atoms with Gasteiger partial charge in [-0.15, -0.1) is 5.10 Å². The molecule has 1 aliphatic heterocycles. The number of tetrazole rings is 1. The third kappa shape index (κ3) is 3.57. The van der Waals surface area contributed by atoms with Gasteiger partial charge >= 0.3 is 0 Å². The maximum absolute atomic E-state index is 13.4. The number of carbonyl (C=O) groups excluding carboxylic acids is 1. The summed E-state index contributed by atoms with van der Waals surface area (Å²) in [5, 5.41) is 14.7. The molecule has 1 N–H and O–H groups in total. The number of benzene rings is 2. The highest BCUT2D eigenvalue weighted by molar-refractivity contribution is 9.10. The number of carbonyl (C=O) groups is 1. The van der Waals surface area contributed by atoms with E-state index in [4.69, 9.17) is 4.74 Å². The van der Waals surface area contributed by atoms with E-state index in [9.17, 15) is 4.79 Å². The van der Waals surface area contributed by atoms with Gasteiger partial charge in [-0.05, 0) is 66.1 Å². The normalized spacial score (nSPS) is 15.9. The van der Waals surface area contributed by atoms with Crippen molar-refractivity contribution in [2.24, 2.45) is 0 Å². The molecule has 0 radical (unpaired) electrons. The number of anilines is 1. The Morgan fingerprint density at radius 2 is 1.93 bits per heavy atom. The number of nitrogens with zero attached hydrogens (tertiary/aromatic N) is 4. The van der Waals surface area contributed by atoms with Gasteiger partial charge in [-0.25, -0.2) is 0 Å². The zero-order chi connectivity index (χ0) is 19.6. The van der Waals surface area contributed by atoms with Gasteiger partial charge in [0, 0.05) is 23.4 Å². The number of aromatic nitrogens is 4. The van der Waals surface area contributed by atoms with Gasteiger partial charge in [0.1, 0.15) is 0 Å². The van der Waals surface area contributed by atoms with Crippen LogP contribution < -0.4 is 5.32 Å². The molecule has 2 aromatic carbocycles. The molecule has 0 bridgehead atoms. The van der Waals surface area contributed by atoms with Crippen LogP contribution in [0.5, 0.6) is 0 Å². The van der Waals surface area contributed by atoms with Gasteiger partial charge in [0.15, 0.2) is 5.82 Å². The van der Waals surface area contributed by atoms with Crippen molar-refractivity contribution in [1.82, 2.24) is 20.2 Å². The Bertz CT molecular complexity index is 980. The lowest BCUT2D eigenvalue weighted by Crippen LogP contribution is -2.44. The van der Waals surface area contributed by atoms with E-state index in [2.05, 4.69) is 36.8 Å². The van der Waals surface area contributed by atoms with Crippen molar-refractivity contribution in [1.29, 1.82) is 0 Å². The zero-order valence-electron chi connectivity index (χ0n) is 15.4. The molecular weight excluding hydrogens is 422 g/mol. The maximum atomic E-state index is 13.4. The SMILES string of the molecule is Cc1nnnn1-c1cccc(NC(=O)C2(c3ccc(Br)cc3)CCOCC2)c1. The Labute approximate surface area is 171 Å². The first-order valence-electron chi connectivity index (χ1n) is 9.09. The van der Waals surface area contributed by atoms with E-state index in [1.54, 1.807) is 4.68 Å². The van der Waals surface area contributed by atoms with E-state index in [-0.39, 0.29) is 5.91 Å². The molecule has 7 nitrogen and oxygen atoms in total. The van der Waals surface area contributed by atoms with Gasteiger partial charge < -0.3 is 10.1 Å². The molecule has 0 aliphatic carbocycles. The second kappa shape index (κ2) is 7.81. The van der Waals surface area contributed by atoms with E-state index in [1.165, 1.54) is 0 Å². The average molecular weight is 442 g/mol. The van der Waals surface area contributed by atoms with E-state index < -0.39 is 5.41 Å². The van der Waals surface area contributed by atoms with Crippen LogP contribution in [0.4, 0.5) is 5.69 Å². The lowest BCUT2D eigenvalue weighted by molar-refractivity contribution is -0.125. The lowest BCUT2D eigenvalue weighted by Gasteiger charge is -2.36. The minimum Gasteiger partial charge on any atom is -0.381 e. The van der Waals surface area contributed by atoms with Crippen molar-refractivity contribution in [2.45, 2.75) is 25.2 Å². The number of amides is 1. The van der Waals surface area contributed by atoms with E-state index in [0.29, 0.717) is 37.6 Å². The predicted molar refractivity (Wildman–Crippen MR) is 108 cm³/mol. The first-order valence-corrected chi connectivity index (χ1v) is 9.88. The molecule has 144 valence electrons. The van der Waals surface area contributed by atoms with E-state index >= 15 is 0 Å². The molecule has 0 saturated carbocycles. The Balaban J connectivity index is 1.64. The standard InChI is InChI=1S/C20H20BrN5O2/c1-14-23-24-25-26(14)18-4-2-3-17(13-18)22-19(27)20(9-11-28-12-10-20)15-5-7-16(21)8-6-15/h2-8,13H,9-12H2,1H3,(H,22,27). The number of hydrogen-bond donors (Lipinski definition) is 1. The summed E-state index contributed by atoms with van der Waals surface area (Å²) in [6.07, 6.45) is 1.29. The molecule has 1 fully saturated rings.